The molecule has 3 aromatic heterocycles. The molecule has 3 heterocycles. The van der Waals surface area contributed by atoms with Crippen LogP contribution >= 0.6 is 0 Å². The number of amides is 2. The van der Waals surface area contributed by atoms with Crippen molar-refractivity contribution in [2.24, 2.45) is 0 Å². The minimum absolute atomic E-state index is 0.177. The Morgan fingerprint density at radius 3 is 2.49 bits per heavy atom. The number of hydrogen-bond donors (Lipinski definition) is 2. The molecular weight excluding hydrogens is 490 g/mol. The van der Waals surface area contributed by atoms with Crippen molar-refractivity contribution in [3.63, 3.8) is 0 Å². The van der Waals surface area contributed by atoms with Crippen molar-refractivity contribution in [1.82, 2.24) is 20.3 Å². The molecule has 196 valence electrons. The van der Waals surface area contributed by atoms with Gasteiger partial charge in [-0.15, -0.1) is 0 Å². The number of aromatic nitrogens is 3. The lowest BCUT2D eigenvalue weighted by Gasteiger charge is -2.13. The van der Waals surface area contributed by atoms with Crippen LogP contribution in [0.3, 0.4) is 0 Å². The van der Waals surface area contributed by atoms with Crippen LogP contribution in [0, 0.1) is 20.8 Å². The second-order valence-electron chi connectivity index (χ2n) is 9.53. The van der Waals surface area contributed by atoms with Crippen molar-refractivity contribution in [1.29, 1.82) is 0 Å². The molecule has 0 radical (unpaired) electrons. The van der Waals surface area contributed by atoms with Gasteiger partial charge in [0.1, 0.15) is 5.76 Å². The molecule has 0 unspecified atom stereocenters. The number of hydrogen-bond acceptors (Lipinski definition) is 6. The summed E-state index contributed by atoms with van der Waals surface area (Å²) >= 11 is 0. The van der Waals surface area contributed by atoms with Crippen molar-refractivity contribution in [3.8, 4) is 11.3 Å². The molecule has 5 rings (SSSR count). The average molecular weight is 520 g/mol. The van der Waals surface area contributed by atoms with E-state index >= 15 is 0 Å². The van der Waals surface area contributed by atoms with Gasteiger partial charge in [-0.3, -0.25) is 14.6 Å². The predicted octanol–water partition coefficient (Wildman–Crippen LogP) is 5.82. The number of fused-ring (bicyclic) bond motifs is 1. The number of carbonyl (C=O) groups is 2. The van der Waals surface area contributed by atoms with Crippen LogP contribution in [0.4, 0.5) is 5.69 Å². The second-order valence-corrected chi connectivity index (χ2v) is 9.53. The number of nitrogens with one attached hydrogen (secondary N) is 2. The number of benzene rings is 2. The van der Waals surface area contributed by atoms with E-state index in [4.69, 9.17) is 9.40 Å². The summed E-state index contributed by atoms with van der Waals surface area (Å²) in [6.07, 6.45) is 6.51. The summed E-state index contributed by atoms with van der Waals surface area (Å²) in [5.41, 5.74) is 5.96. The Morgan fingerprint density at radius 2 is 1.77 bits per heavy atom. The maximum Gasteiger partial charge on any atom is 0.256 e. The normalized spacial score (nSPS) is 10.9. The Kier molecular flexibility index (Phi) is 7.45. The third-order valence-electron chi connectivity index (χ3n) is 6.38. The van der Waals surface area contributed by atoms with E-state index in [1.807, 2.05) is 39.0 Å². The summed E-state index contributed by atoms with van der Waals surface area (Å²) in [7, 11) is 0. The van der Waals surface area contributed by atoms with Gasteiger partial charge < -0.3 is 15.1 Å². The molecule has 0 atom stereocenters. The molecule has 0 bridgehead atoms. The van der Waals surface area contributed by atoms with Gasteiger partial charge in [-0.05, 0) is 81.3 Å². The first kappa shape index (κ1) is 25.8. The maximum absolute atomic E-state index is 13.5. The van der Waals surface area contributed by atoms with Crippen LogP contribution in [0.1, 0.15) is 49.9 Å². The molecule has 0 saturated carbocycles. The number of carbonyl (C=O) groups excluding carboxylic acids is 2. The Balaban J connectivity index is 1.30. The highest BCUT2D eigenvalue weighted by molar-refractivity contribution is 6.13. The molecule has 2 amide bonds. The van der Waals surface area contributed by atoms with E-state index in [1.165, 1.54) is 0 Å². The molecule has 0 saturated heterocycles. The van der Waals surface area contributed by atoms with Crippen molar-refractivity contribution < 1.29 is 14.0 Å². The van der Waals surface area contributed by atoms with Crippen LogP contribution in [0.5, 0.6) is 0 Å². The molecule has 0 aliphatic carbocycles. The van der Waals surface area contributed by atoms with Gasteiger partial charge in [-0.1, -0.05) is 11.6 Å². The highest BCUT2D eigenvalue weighted by atomic mass is 16.4. The van der Waals surface area contributed by atoms with Crippen LogP contribution in [-0.2, 0) is 6.42 Å². The molecule has 0 fully saturated rings. The Morgan fingerprint density at radius 1 is 0.949 bits per heavy atom. The van der Waals surface area contributed by atoms with Gasteiger partial charge in [0.05, 0.1) is 23.0 Å². The number of aryl methyl sites for hydroxylation is 4. The molecule has 2 aromatic carbocycles. The largest absolute Gasteiger partial charge is 0.446 e. The van der Waals surface area contributed by atoms with Crippen LogP contribution in [0.2, 0.25) is 0 Å². The number of anilines is 1. The molecule has 8 nitrogen and oxygen atoms in total. The van der Waals surface area contributed by atoms with Gasteiger partial charge in [0.25, 0.3) is 11.8 Å². The van der Waals surface area contributed by atoms with Gasteiger partial charge >= 0.3 is 0 Å². The first-order valence-electron chi connectivity index (χ1n) is 12.8. The van der Waals surface area contributed by atoms with E-state index in [1.54, 1.807) is 48.9 Å². The van der Waals surface area contributed by atoms with Crippen LogP contribution < -0.4 is 10.6 Å². The fraction of sp³-hybridized carbons (Fsp3) is 0.194. The topological polar surface area (TPSA) is 110 Å². The van der Waals surface area contributed by atoms with E-state index in [9.17, 15) is 9.59 Å². The van der Waals surface area contributed by atoms with E-state index < -0.39 is 0 Å². The fourth-order valence-electron chi connectivity index (χ4n) is 4.49. The quantitative estimate of drug-likeness (QED) is 0.250. The van der Waals surface area contributed by atoms with Gasteiger partial charge in [-0.2, -0.15) is 0 Å². The predicted molar refractivity (Wildman–Crippen MR) is 151 cm³/mol. The molecule has 39 heavy (non-hydrogen) atoms. The standard InChI is InChI=1S/C31H29N5O3/c1-19-14-20(2)29-25(15-19)26(16-27(36-29)23-6-4-12-32-18-23)31(38)35-24-10-8-22(9-11-24)30(37)33-13-5-7-28-34-17-21(3)39-28/h4,6,8-12,14-18H,5,7,13H2,1-3H3,(H,33,37)(H,35,38). The summed E-state index contributed by atoms with van der Waals surface area (Å²) in [5.74, 6) is 1.01. The first-order valence-corrected chi connectivity index (χ1v) is 12.8. The maximum atomic E-state index is 13.5. The Labute approximate surface area is 226 Å². The van der Waals surface area contributed by atoms with Crippen LogP contribution in [-0.4, -0.2) is 33.3 Å². The fourth-order valence-corrected chi connectivity index (χ4v) is 4.49. The third kappa shape index (κ3) is 6.01. The van der Waals surface area contributed by atoms with Crippen molar-refractivity contribution >= 4 is 28.4 Å². The van der Waals surface area contributed by atoms with E-state index in [2.05, 4.69) is 26.7 Å². The second kappa shape index (κ2) is 11.3. The smallest absolute Gasteiger partial charge is 0.256 e. The summed E-state index contributed by atoms with van der Waals surface area (Å²) in [6.45, 7) is 6.36. The monoisotopic (exact) mass is 519 g/mol. The highest BCUT2D eigenvalue weighted by Crippen LogP contribution is 2.28. The van der Waals surface area contributed by atoms with Gasteiger partial charge in [0.2, 0.25) is 0 Å². The van der Waals surface area contributed by atoms with Gasteiger partial charge in [-0.25, -0.2) is 9.97 Å². The molecular formula is C31H29N5O3. The summed E-state index contributed by atoms with van der Waals surface area (Å²) < 4.78 is 5.45. The lowest BCUT2D eigenvalue weighted by Crippen LogP contribution is -2.24. The van der Waals surface area contributed by atoms with Gasteiger partial charge in [0, 0.05) is 47.6 Å². The third-order valence-corrected chi connectivity index (χ3v) is 6.38. The van der Waals surface area contributed by atoms with Gasteiger partial charge in [0.15, 0.2) is 5.89 Å². The number of pyridine rings is 2. The van der Waals surface area contributed by atoms with Crippen LogP contribution in [0.25, 0.3) is 22.2 Å². The zero-order valence-corrected chi connectivity index (χ0v) is 22.1. The number of rotatable bonds is 8. The van der Waals surface area contributed by atoms with Crippen molar-refractivity contribution in [3.05, 3.63) is 107 Å². The average Bonchev–Trinajstić information content (AvgIpc) is 3.36. The molecule has 0 spiro atoms. The molecule has 0 aliphatic heterocycles. The molecule has 0 aliphatic rings. The van der Waals surface area contributed by atoms with Crippen molar-refractivity contribution in [2.45, 2.75) is 33.6 Å². The van der Waals surface area contributed by atoms with Crippen molar-refractivity contribution in [2.75, 3.05) is 11.9 Å². The molecule has 8 heteroatoms. The number of nitrogens with zero attached hydrogens (tertiary/aromatic N) is 3. The lowest BCUT2D eigenvalue weighted by molar-refractivity contribution is 0.0952. The minimum atomic E-state index is -0.253. The van der Waals surface area contributed by atoms with Crippen LogP contribution in [0.15, 0.2) is 77.6 Å². The summed E-state index contributed by atoms with van der Waals surface area (Å²) in [6, 6.07) is 16.5. The molecule has 2 N–H and O–H groups in total. The summed E-state index contributed by atoms with van der Waals surface area (Å²) in [4.78, 5) is 39.3. The molecule has 5 aromatic rings. The SMILES string of the molecule is Cc1cc(C)c2nc(-c3cccnc3)cc(C(=O)Nc3ccc(C(=O)NCCCc4ncc(C)o4)cc3)c2c1. The van der Waals surface area contributed by atoms with E-state index in [0.29, 0.717) is 41.4 Å². The minimum Gasteiger partial charge on any atom is -0.446 e. The zero-order chi connectivity index (χ0) is 27.4. The number of oxazole rings is 1. The summed E-state index contributed by atoms with van der Waals surface area (Å²) in [5, 5.41) is 6.67. The highest BCUT2D eigenvalue weighted by Gasteiger charge is 2.17. The van der Waals surface area contributed by atoms with E-state index in [-0.39, 0.29) is 11.8 Å². The Bertz CT molecular complexity index is 1640. The van der Waals surface area contributed by atoms with E-state index in [0.717, 1.165) is 39.8 Å². The Hall–Kier alpha value is -4.85. The first-order chi connectivity index (χ1) is 18.9. The zero-order valence-electron chi connectivity index (χ0n) is 22.1. The lowest BCUT2D eigenvalue weighted by atomic mass is 9.99.